The SMILES string of the molecule is COCc1ccc(S(=O)(=O)NCc2nc3ccccc3c(=O)n2-c2ccc(C)cc2C)cc1. The molecule has 0 saturated heterocycles. The van der Waals surface area contributed by atoms with E-state index >= 15 is 0 Å². The molecule has 0 aliphatic carbocycles. The predicted molar refractivity (Wildman–Crippen MR) is 128 cm³/mol. The van der Waals surface area contributed by atoms with E-state index in [1.807, 2.05) is 32.0 Å². The number of nitrogens with one attached hydrogen (secondary N) is 1. The molecule has 4 aromatic rings. The van der Waals surface area contributed by atoms with Gasteiger partial charge in [0.25, 0.3) is 5.56 Å². The average Bonchev–Trinajstić information content (AvgIpc) is 2.79. The van der Waals surface area contributed by atoms with Crippen LogP contribution in [0.5, 0.6) is 0 Å². The normalized spacial score (nSPS) is 11.7. The van der Waals surface area contributed by atoms with Crippen LogP contribution in [0.15, 0.2) is 76.4 Å². The molecule has 0 spiro atoms. The number of benzene rings is 3. The van der Waals surface area contributed by atoms with Gasteiger partial charge in [-0.15, -0.1) is 0 Å². The Kier molecular flexibility index (Phi) is 6.42. The summed E-state index contributed by atoms with van der Waals surface area (Å²) in [6, 6.07) is 19.3. The number of fused-ring (bicyclic) bond motifs is 1. The van der Waals surface area contributed by atoms with Gasteiger partial charge in [-0.3, -0.25) is 9.36 Å². The minimum Gasteiger partial charge on any atom is -0.380 e. The van der Waals surface area contributed by atoms with Crippen molar-refractivity contribution in [2.45, 2.75) is 31.9 Å². The Bertz CT molecular complexity index is 1480. The van der Waals surface area contributed by atoms with Crippen molar-refractivity contribution in [2.24, 2.45) is 0 Å². The lowest BCUT2D eigenvalue weighted by Crippen LogP contribution is -2.30. The first-order valence-electron chi connectivity index (χ1n) is 10.5. The maximum Gasteiger partial charge on any atom is 0.266 e. The molecule has 0 aliphatic heterocycles. The minimum atomic E-state index is -3.82. The van der Waals surface area contributed by atoms with E-state index in [-0.39, 0.29) is 17.0 Å². The summed E-state index contributed by atoms with van der Waals surface area (Å²) in [6.07, 6.45) is 0. The van der Waals surface area contributed by atoms with E-state index in [0.29, 0.717) is 29.0 Å². The van der Waals surface area contributed by atoms with Crippen molar-refractivity contribution in [1.29, 1.82) is 0 Å². The van der Waals surface area contributed by atoms with Crippen molar-refractivity contribution >= 4 is 20.9 Å². The molecule has 0 saturated carbocycles. The van der Waals surface area contributed by atoms with Crippen LogP contribution in [0, 0.1) is 13.8 Å². The van der Waals surface area contributed by atoms with Crippen LogP contribution in [0.2, 0.25) is 0 Å². The number of methoxy groups -OCH3 is 1. The third-order valence-electron chi connectivity index (χ3n) is 5.40. The van der Waals surface area contributed by atoms with Crippen molar-refractivity contribution in [3.63, 3.8) is 0 Å². The fraction of sp³-hybridized carbons (Fsp3) is 0.200. The van der Waals surface area contributed by atoms with E-state index in [0.717, 1.165) is 16.7 Å². The van der Waals surface area contributed by atoms with E-state index in [1.54, 1.807) is 43.5 Å². The summed E-state index contributed by atoms with van der Waals surface area (Å²) in [5.74, 6) is 0.310. The third-order valence-corrected chi connectivity index (χ3v) is 6.82. The highest BCUT2D eigenvalue weighted by Gasteiger charge is 2.18. The van der Waals surface area contributed by atoms with Crippen LogP contribution in [0.25, 0.3) is 16.6 Å². The molecule has 0 unspecified atom stereocenters. The summed E-state index contributed by atoms with van der Waals surface area (Å²) in [5, 5.41) is 0.470. The van der Waals surface area contributed by atoms with Crippen molar-refractivity contribution in [3.05, 3.63) is 99.6 Å². The standard InChI is InChI=1S/C25H25N3O4S/c1-17-8-13-23(18(2)14-17)28-24(27-22-7-5-4-6-21(22)25(28)29)15-26-33(30,31)20-11-9-19(10-12-20)16-32-3/h4-14,26H,15-16H2,1-3H3. The molecular formula is C25H25N3O4S. The first-order valence-corrected chi connectivity index (χ1v) is 11.9. The molecule has 1 N–H and O–H groups in total. The summed E-state index contributed by atoms with van der Waals surface area (Å²) in [4.78, 5) is 18.2. The van der Waals surface area contributed by atoms with Gasteiger partial charge < -0.3 is 4.74 Å². The lowest BCUT2D eigenvalue weighted by atomic mass is 10.1. The van der Waals surface area contributed by atoms with Gasteiger partial charge in [0, 0.05) is 7.11 Å². The largest absolute Gasteiger partial charge is 0.380 e. The van der Waals surface area contributed by atoms with E-state index in [4.69, 9.17) is 4.74 Å². The summed E-state index contributed by atoms with van der Waals surface area (Å²) >= 11 is 0. The Hall–Kier alpha value is -3.33. The smallest absolute Gasteiger partial charge is 0.266 e. The molecule has 1 heterocycles. The zero-order valence-corrected chi connectivity index (χ0v) is 19.5. The molecule has 0 fully saturated rings. The summed E-state index contributed by atoms with van der Waals surface area (Å²) in [6.45, 7) is 4.15. The zero-order chi connectivity index (χ0) is 23.6. The molecule has 4 rings (SSSR count). The number of para-hydroxylation sites is 1. The number of hydrogen-bond acceptors (Lipinski definition) is 5. The van der Waals surface area contributed by atoms with Crippen molar-refractivity contribution < 1.29 is 13.2 Å². The molecule has 0 aliphatic rings. The molecular weight excluding hydrogens is 438 g/mol. The highest BCUT2D eigenvalue weighted by Crippen LogP contribution is 2.19. The van der Waals surface area contributed by atoms with Gasteiger partial charge >= 0.3 is 0 Å². The molecule has 33 heavy (non-hydrogen) atoms. The van der Waals surface area contributed by atoms with Crippen LogP contribution in [0.4, 0.5) is 0 Å². The fourth-order valence-electron chi connectivity index (χ4n) is 3.78. The summed E-state index contributed by atoms with van der Waals surface area (Å²) < 4.78 is 35.0. The Morgan fingerprint density at radius 2 is 1.73 bits per heavy atom. The monoisotopic (exact) mass is 463 g/mol. The van der Waals surface area contributed by atoms with Gasteiger partial charge in [0.2, 0.25) is 10.0 Å². The van der Waals surface area contributed by atoms with Gasteiger partial charge in [0.05, 0.1) is 34.6 Å². The van der Waals surface area contributed by atoms with Crippen molar-refractivity contribution in [1.82, 2.24) is 14.3 Å². The maximum absolute atomic E-state index is 13.4. The quantitative estimate of drug-likeness (QED) is 0.452. The number of rotatable bonds is 7. The minimum absolute atomic E-state index is 0.128. The second-order valence-corrected chi connectivity index (χ2v) is 9.64. The van der Waals surface area contributed by atoms with E-state index < -0.39 is 10.0 Å². The summed E-state index contributed by atoms with van der Waals surface area (Å²) in [5.41, 5.74) is 3.77. The van der Waals surface area contributed by atoms with E-state index in [1.165, 1.54) is 16.7 Å². The van der Waals surface area contributed by atoms with Crippen LogP contribution in [0.1, 0.15) is 22.5 Å². The molecule has 0 bridgehead atoms. The molecule has 7 nitrogen and oxygen atoms in total. The topological polar surface area (TPSA) is 90.3 Å². The van der Waals surface area contributed by atoms with Crippen LogP contribution in [-0.2, 0) is 27.9 Å². The zero-order valence-electron chi connectivity index (χ0n) is 18.7. The van der Waals surface area contributed by atoms with Crippen molar-refractivity contribution in [2.75, 3.05) is 7.11 Å². The maximum atomic E-state index is 13.4. The van der Waals surface area contributed by atoms with Gasteiger partial charge in [0.1, 0.15) is 5.82 Å². The first kappa shape index (κ1) is 22.8. The molecule has 1 aromatic heterocycles. The van der Waals surface area contributed by atoms with Crippen LogP contribution in [0.3, 0.4) is 0 Å². The second kappa shape index (κ2) is 9.27. The van der Waals surface area contributed by atoms with Gasteiger partial charge in [-0.25, -0.2) is 18.1 Å². The Labute approximate surface area is 192 Å². The van der Waals surface area contributed by atoms with Crippen LogP contribution >= 0.6 is 0 Å². The average molecular weight is 464 g/mol. The number of sulfonamides is 1. The van der Waals surface area contributed by atoms with Gasteiger partial charge in [-0.1, -0.05) is 42.0 Å². The fourth-order valence-corrected chi connectivity index (χ4v) is 4.76. The second-order valence-electron chi connectivity index (χ2n) is 7.88. The Morgan fingerprint density at radius 3 is 2.42 bits per heavy atom. The first-order chi connectivity index (χ1) is 15.8. The number of aryl methyl sites for hydroxylation is 2. The molecule has 8 heteroatoms. The number of ether oxygens (including phenoxy) is 1. The van der Waals surface area contributed by atoms with Crippen LogP contribution < -0.4 is 10.3 Å². The highest BCUT2D eigenvalue weighted by atomic mass is 32.2. The lowest BCUT2D eigenvalue weighted by molar-refractivity contribution is 0.185. The third kappa shape index (κ3) is 4.73. The van der Waals surface area contributed by atoms with E-state index in [2.05, 4.69) is 9.71 Å². The van der Waals surface area contributed by atoms with Crippen LogP contribution in [-0.4, -0.2) is 25.1 Å². The Morgan fingerprint density at radius 1 is 1.00 bits per heavy atom. The number of hydrogen-bond donors (Lipinski definition) is 1. The van der Waals surface area contributed by atoms with Gasteiger partial charge in [0.15, 0.2) is 0 Å². The molecule has 0 amide bonds. The van der Waals surface area contributed by atoms with E-state index in [9.17, 15) is 13.2 Å². The highest BCUT2D eigenvalue weighted by molar-refractivity contribution is 7.89. The molecule has 0 radical (unpaired) electrons. The number of aromatic nitrogens is 2. The molecule has 0 atom stereocenters. The number of nitrogens with zero attached hydrogens (tertiary/aromatic N) is 2. The predicted octanol–water partition coefficient (Wildman–Crippen LogP) is 3.63. The molecule has 3 aromatic carbocycles. The van der Waals surface area contributed by atoms with Gasteiger partial charge in [-0.05, 0) is 55.3 Å². The van der Waals surface area contributed by atoms with Gasteiger partial charge in [-0.2, -0.15) is 0 Å². The van der Waals surface area contributed by atoms with Crippen molar-refractivity contribution in [3.8, 4) is 5.69 Å². The Balaban J connectivity index is 1.76. The molecule has 170 valence electrons. The summed E-state index contributed by atoms with van der Waals surface area (Å²) in [7, 11) is -2.24. The lowest BCUT2D eigenvalue weighted by Gasteiger charge is -2.16.